The summed E-state index contributed by atoms with van der Waals surface area (Å²) in [5, 5.41) is 12.9. The molecule has 0 N–H and O–H groups in total. The van der Waals surface area contributed by atoms with Crippen molar-refractivity contribution in [3.05, 3.63) is 88.7 Å². The Kier molecular flexibility index (Phi) is 7.30. The van der Waals surface area contributed by atoms with E-state index in [1.165, 1.54) is 11.1 Å². The molecule has 0 aliphatic rings. The van der Waals surface area contributed by atoms with Gasteiger partial charge in [-0.3, -0.25) is 4.57 Å². The molecule has 2 aromatic heterocycles. The quantitative estimate of drug-likeness (QED) is 0.193. The zero-order valence-electron chi connectivity index (χ0n) is 19.4. The van der Waals surface area contributed by atoms with E-state index in [1.54, 1.807) is 23.1 Å². The second-order valence-corrected chi connectivity index (χ2v) is 9.80. The van der Waals surface area contributed by atoms with Crippen LogP contribution in [0.1, 0.15) is 41.2 Å². The summed E-state index contributed by atoms with van der Waals surface area (Å²) in [7, 11) is 0. The second kappa shape index (κ2) is 10.4. The van der Waals surface area contributed by atoms with E-state index in [4.69, 9.17) is 9.72 Å². The predicted molar refractivity (Wildman–Crippen MR) is 137 cm³/mol. The van der Waals surface area contributed by atoms with Gasteiger partial charge >= 0.3 is 0 Å². The number of hydrogen-bond donors (Lipinski definition) is 0. The monoisotopic (exact) mass is 476 g/mol. The molecular formula is C26H28N4OS2. The highest BCUT2D eigenvalue weighted by molar-refractivity contribution is 7.98. The minimum absolute atomic E-state index is 0.236. The molecule has 2 aromatic carbocycles. The average molecular weight is 477 g/mol. The van der Waals surface area contributed by atoms with E-state index in [9.17, 15) is 0 Å². The van der Waals surface area contributed by atoms with Gasteiger partial charge in [0.05, 0.1) is 5.69 Å². The lowest BCUT2D eigenvalue weighted by Gasteiger charge is -2.17. The van der Waals surface area contributed by atoms with E-state index in [1.807, 2.05) is 25.1 Å². The van der Waals surface area contributed by atoms with E-state index in [0.29, 0.717) is 6.54 Å². The largest absolute Gasteiger partial charge is 0.482 e. The number of benzene rings is 2. The van der Waals surface area contributed by atoms with Crippen molar-refractivity contribution in [2.75, 3.05) is 0 Å². The number of rotatable bonds is 9. The third-order valence-corrected chi connectivity index (χ3v) is 7.42. The summed E-state index contributed by atoms with van der Waals surface area (Å²) < 4.78 is 8.33. The Labute approximate surface area is 203 Å². The molecule has 4 aromatic rings. The minimum Gasteiger partial charge on any atom is -0.482 e. The molecule has 0 saturated heterocycles. The zero-order valence-corrected chi connectivity index (χ0v) is 21.0. The molecule has 1 atom stereocenters. The molecule has 0 aliphatic heterocycles. The van der Waals surface area contributed by atoms with E-state index >= 15 is 0 Å². The average Bonchev–Trinajstić information content (AvgIpc) is 3.43. The highest BCUT2D eigenvalue weighted by Crippen LogP contribution is 2.30. The molecule has 4 rings (SSSR count). The van der Waals surface area contributed by atoms with Crippen molar-refractivity contribution in [2.24, 2.45) is 0 Å². The van der Waals surface area contributed by atoms with Crippen molar-refractivity contribution in [3.8, 4) is 16.3 Å². The SMILES string of the molecule is C=CCn1c(SCc2csc(-c3ccc(C)cc3)n2)nnc1C(C)Oc1cccc(C)c1C. The topological polar surface area (TPSA) is 52.8 Å². The number of ether oxygens (including phenoxy) is 1. The number of hydrogen-bond acceptors (Lipinski definition) is 6. The van der Waals surface area contributed by atoms with E-state index in [0.717, 1.165) is 44.3 Å². The summed E-state index contributed by atoms with van der Waals surface area (Å²) in [6, 6.07) is 14.6. The summed E-state index contributed by atoms with van der Waals surface area (Å²) in [4.78, 5) is 4.81. The highest BCUT2D eigenvalue weighted by atomic mass is 32.2. The Hall–Kier alpha value is -2.90. The van der Waals surface area contributed by atoms with Gasteiger partial charge < -0.3 is 4.74 Å². The van der Waals surface area contributed by atoms with Gasteiger partial charge in [-0.25, -0.2) is 4.98 Å². The molecule has 0 fully saturated rings. The van der Waals surface area contributed by atoms with Crippen LogP contribution in [0.2, 0.25) is 0 Å². The normalized spacial score (nSPS) is 12.0. The van der Waals surface area contributed by atoms with Gasteiger partial charge in [-0.2, -0.15) is 0 Å². The van der Waals surface area contributed by atoms with Gasteiger partial charge in [-0.15, -0.1) is 28.1 Å². The maximum absolute atomic E-state index is 6.26. The maximum Gasteiger partial charge on any atom is 0.192 e. The van der Waals surface area contributed by atoms with E-state index in [-0.39, 0.29) is 6.10 Å². The number of allylic oxidation sites excluding steroid dienone is 1. The molecule has 33 heavy (non-hydrogen) atoms. The van der Waals surface area contributed by atoms with Gasteiger partial charge in [0.25, 0.3) is 0 Å². The summed E-state index contributed by atoms with van der Waals surface area (Å²) in [6.07, 6.45) is 1.62. The van der Waals surface area contributed by atoms with Crippen molar-refractivity contribution in [1.29, 1.82) is 0 Å². The molecule has 0 saturated carbocycles. The van der Waals surface area contributed by atoms with Crippen LogP contribution < -0.4 is 4.74 Å². The molecule has 0 amide bonds. The van der Waals surface area contributed by atoms with Crippen LogP contribution in [0.3, 0.4) is 0 Å². The molecular weight excluding hydrogens is 448 g/mol. The van der Waals surface area contributed by atoms with Gasteiger partial charge in [-0.05, 0) is 44.9 Å². The van der Waals surface area contributed by atoms with Gasteiger partial charge in [0.2, 0.25) is 0 Å². The van der Waals surface area contributed by atoms with Crippen molar-refractivity contribution >= 4 is 23.1 Å². The molecule has 0 spiro atoms. The molecule has 5 nitrogen and oxygen atoms in total. The van der Waals surface area contributed by atoms with Crippen LogP contribution in [0.15, 0.2) is 65.7 Å². The van der Waals surface area contributed by atoms with Gasteiger partial charge in [-0.1, -0.05) is 59.8 Å². The lowest BCUT2D eigenvalue weighted by Crippen LogP contribution is -2.12. The van der Waals surface area contributed by atoms with E-state index < -0.39 is 0 Å². The van der Waals surface area contributed by atoms with Gasteiger partial charge in [0.1, 0.15) is 10.8 Å². The van der Waals surface area contributed by atoms with Crippen LogP contribution >= 0.6 is 23.1 Å². The van der Waals surface area contributed by atoms with Crippen molar-refractivity contribution in [1.82, 2.24) is 19.7 Å². The Bertz CT molecular complexity index is 1240. The first-order valence-corrected chi connectivity index (χ1v) is 12.7. The first kappa shape index (κ1) is 23.3. The summed E-state index contributed by atoms with van der Waals surface area (Å²) in [6.45, 7) is 12.8. The third kappa shape index (κ3) is 5.37. The number of thioether (sulfide) groups is 1. The molecule has 0 radical (unpaired) electrons. The van der Waals surface area contributed by atoms with Crippen LogP contribution in [-0.4, -0.2) is 19.7 Å². The number of nitrogens with zero attached hydrogens (tertiary/aromatic N) is 4. The fourth-order valence-corrected chi connectivity index (χ4v) is 5.22. The Morgan fingerprint density at radius 3 is 2.67 bits per heavy atom. The van der Waals surface area contributed by atoms with Crippen molar-refractivity contribution in [2.45, 2.75) is 51.3 Å². The Morgan fingerprint density at radius 2 is 1.91 bits per heavy atom. The number of thiazole rings is 1. The lowest BCUT2D eigenvalue weighted by molar-refractivity contribution is 0.209. The predicted octanol–water partition coefficient (Wildman–Crippen LogP) is 6.95. The van der Waals surface area contributed by atoms with Gasteiger partial charge in [0, 0.05) is 23.2 Å². The molecule has 170 valence electrons. The van der Waals surface area contributed by atoms with Crippen LogP contribution in [0.5, 0.6) is 5.75 Å². The van der Waals surface area contributed by atoms with Crippen LogP contribution in [-0.2, 0) is 12.3 Å². The smallest absolute Gasteiger partial charge is 0.192 e. The maximum atomic E-state index is 6.26. The fourth-order valence-electron chi connectivity index (χ4n) is 3.44. The zero-order chi connectivity index (χ0) is 23.4. The number of aryl methyl sites for hydroxylation is 2. The van der Waals surface area contributed by atoms with Crippen molar-refractivity contribution in [3.63, 3.8) is 0 Å². The van der Waals surface area contributed by atoms with E-state index in [2.05, 4.69) is 77.8 Å². The third-order valence-electron chi connectivity index (χ3n) is 5.48. The minimum atomic E-state index is -0.236. The van der Waals surface area contributed by atoms with Crippen LogP contribution in [0.4, 0.5) is 0 Å². The Morgan fingerprint density at radius 1 is 1.12 bits per heavy atom. The van der Waals surface area contributed by atoms with Crippen LogP contribution in [0, 0.1) is 20.8 Å². The molecule has 0 aliphatic carbocycles. The molecule has 1 unspecified atom stereocenters. The second-order valence-electron chi connectivity index (χ2n) is 8.00. The Balaban J connectivity index is 1.48. The number of aromatic nitrogens is 4. The molecule has 2 heterocycles. The fraction of sp³-hybridized carbons (Fsp3) is 0.269. The first-order valence-electron chi connectivity index (χ1n) is 10.9. The van der Waals surface area contributed by atoms with Gasteiger partial charge in [0.15, 0.2) is 17.1 Å². The summed E-state index contributed by atoms with van der Waals surface area (Å²) in [5.74, 6) is 2.39. The van der Waals surface area contributed by atoms with Crippen LogP contribution in [0.25, 0.3) is 10.6 Å². The summed E-state index contributed by atoms with van der Waals surface area (Å²) >= 11 is 3.30. The molecule has 7 heteroatoms. The lowest BCUT2D eigenvalue weighted by atomic mass is 10.1. The van der Waals surface area contributed by atoms with Crippen molar-refractivity contribution < 1.29 is 4.74 Å². The summed E-state index contributed by atoms with van der Waals surface area (Å²) in [5.41, 5.74) is 5.78. The standard InChI is InChI=1S/C26H28N4OS2/c1-6-14-30-24(20(5)31-23-9-7-8-18(3)19(23)4)28-29-26(30)33-16-22-15-32-25(27-22)21-12-10-17(2)11-13-21/h6-13,15,20H,1,14,16H2,2-5H3. The first-order chi connectivity index (χ1) is 16.0. The highest BCUT2D eigenvalue weighted by Gasteiger charge is 2.20. The molecule has 0 bridgehead atoms.